The van der Waals surface area contributed by atoms with Gasteiger partial charge in [0.15, 0.2) is 24.1 Å². The summed E-state index contributed by atoms with van der Waals surface area (Å²) >= 11 is 0. The molecule has 2 N–H and O–H groups in total. The summed E-state index contributed by atoms with van der Waals surface area (Å²) in [4.78, 5) is 14.1. The number of rotatable bonds is 2. The number of nitrogens with two attached hydrogens (primary N) is 1. The molecule has 7 atom stereocenters. The molecule has 4 rings (SSSR count). The Morgan fingerprint density at radius 2 is 2.26 bits per heavy atom. The molecule has 0 aliphatic carbocycles. The molecule has 0 bridgehead atoms. The quantitative estimate of drug-likeness (QED) is 0.679. The Balaban J connectivity index is 1.60. The van der Waals surface area contributed by atoms with Crippen molar-refractivity contribution in [3.63, 3.8) is 0 Å². The molecular formula is C15H23FN5O5P. The van der Waals surface area contributed by atoms with Gasteiger partial charge in [-0.25, -0.2) is 9.38 Å². The van der Waals surface area contributed by atoms with E-state index in [4.69, 9.17) is 24.3 Å². The minimum absolute atomic E-state index is 0.00853. The Kier molecular flexibility index (Phi) is 4.34. The Hall–Kier alpha value is -1.55. The van der Waals surface area contributed by atoms with Gasteiger partial charge in [0.05, 0.1) is 25.7 Å². The number of nitrogens with zero attached hydrogens (tertiary/aromatic N) is 4. The zero-order chi connectivity index (χ0) is 19.6. The fraction of sp³-hybridized carbons (Fsp3) is 0.800. The van der Waals surface area contributed by atoms with Crippen LogP contribution in [0.15, 0.2) is 15.0 Å². The smallest absolute Gasteiger partial charge is 0.333 e. The van der Waals surface area contributed by atoms with Crippen LogP contribution in [0.5, 0.6) is 0 Å². The molecule has 0 radical (unpaired) electrons. The molecule has 10 nitrogen and oxygen atoms in total. The predicted molar refractivity (Wildman–Crippen MR) is 95.7 cm³/mol. The minimum Gasteiger partial charge on any atom is -0.482 e. The fourth-order valence-electron chi connectivity index (χ4n) is 3.66. The van der Waals surface area contributed by atoms with E-state index in [1.165, 1.54) is 25.3 Å². The summed E-state index contributed by atoms with van der Waals surface area (Å²) < 4.78 is 50.7. The van der Waals surface area contributed by atoms with Crippen molar-refractivity contribution in [2.75, 3.05) is 13.7 Å². The van der Waals surface area contributed by atoms with Gasteiger partial charge in [-0.15, -0.1) is 0 Å². The molecule has 0 amide bonds. The van der Waals surface area contributed by atoms with Crippen LogP contribution in [-0.2, 0) is 23.1 Å². The average molecular weight is 403 g/mol. The van der Waals surface area contributed by atoms with Gasteiger partial charge in [-0.3, -0.25) is 14.1 Å². The van der Waals surface area contributed by atoms with Gasteiger partial charge in [-0.05, 0) is 6.92 Å². The molecule has 4 aliphatic rings. The van der Waals surface area contributed by atoms with Crippen molar-refractivity contribution in [3.8, 4) is 0 Å². The molecule has 27 heavy (non-hydrogen) atoms. The lowest BCUT2D eigenvalue weighted by atomic mass is 9.97. The third-order valence-corrected chi connectivity index (χ3v) is 7.46. The van der Waals surface area contributed by atoms with Crippen LogP contribution in [0, 0.1) is 0 Å². The summed E-state index contributed by atoms with van der Waals surface area (Å²) in [6.07, 6.45) is -1.98. The van der Waals surface area contributed by atoms with E-state index >= 15 is 4.39 Å². The third-order valence-electron chi connectivity index (χ3n) is 5.16. The van der Waals surface area contributed by atoms with Gasteiger partial charge in [0.25, 0.3) is 0 Å². The van der Waals surface area contributed by atoms with E-state index in [-0.39, 0.29) is 18.2 Å². The number of guanidine groups is 1. The van der Waals surface area contributed by atoms with E-state index in [2.05, 4.69) is 15.0 Å². The number of methoxy groups -OCH3 is 1. The van der Waals surface area contributed by atoms with Crippen molar-refractivity contribution in [1.82, 2.24) is 4.90 Å². The molecule has 0 aromatic heterocycles. The summed E-state index contributed by atoms with van der Waals surface area (Å²) in [7, 11) is -1.95. The van der Waals surface area contributed by atoms with E-state index in [1.807, 2.05) is 0 Å². The minimum atomic E-state index is -3.41. The first-order chi connectivity index (χ1) is 12.7. The lowest BCUT2D eigenvalue weighted by molar-refractivity contribution is -0.0852. The number of alkyl halides is 1. The van der Waals surface area contributed by atoms with Crippen LogP contribution >= 0.6 is 7.60 Å². The Labute approximate surface area is 156 Å². The Morgan fingerprint density at radius 3 is 2.93 bits per heavy atom. The van der Waals surface area contributed by atoms with Crippen LogP contribution in [0.1, 0.15) is 20.8 Å². The monoisotopic (exact) mass is 403 g/mol. The molecule has 4 unspecified atom stereocenters. The average Bonchev–Trinajstić information content (AvgIpc) is 3.12. The first kappa shape index (κ1) is 18.8. The van der Waals surface area contributed by atoms with Gasteiger partial charge in [0, 0.05) is 0 Å². The number of aliphatic imine (C=N–C) groups is 3. The zero-order valence-corrected chi connectivity index (χ0v) is 16.4. The van der Waals surface area contributed by atoms with Crippen LogP contribution < -0.4 is 5.73 Å². The van der Waals surface area contributed by atoms with E-state index in [0.29, 0.717) is 5.90 Å². The van der Waals surface area contributed by atoms with Gasteiger partial charge in [0.2, 0.25) is 11.9 Å². The Morgan fingerprint density at radius 1 is 1.52 bits per heavy atom. The summed E-state index contributed by atoms with van der Waals surface area (Å²) in [5.41, 5.74) is 3.39. The molecular weight excluding hydrogens is 380 g/mol. The fourth-order valence-corrected chi connectivity index (χ4v) is 5.28. The van der Waals surface area contributed by atoms with Crippen LogP contribution in [0.25, 0.3) is 0 Å². The number of fused-ring (bicyclic) bond motifs is 2. The molecule has 0 aromatic carbocycles. The summed E-state index contributed by atoms with van der Waals surface area (Å²) in [5, 5.41) is 0. The van der Waals surface area contributed by atoms with Gasteiger partial charge >= 0.3 is 7.60 Å². The van der Waals surface area contributed by atoms with Crippen LogP contribution in [0.4, 0.5) is 4.39 Å². The van der Waals surface area contributed by atoms with E-state index in [0.717, 1.165) is 0 Å². The van der Waals surface area contributed by atoms with Crippen molar-refractivity contribution >= 4 is 25.8 Å². The summed E-state index contributed by atoms with van der Waals surface area (Å²) in [6.45, 7) is 4.78. The largest absolute Gasteiger partial charge is 0.482 e. The molecule has 4 heterocycles. The number of hydrogen-bond acceptors (Lipinski definition) is 10. The highest BCUT2D eigenvalue weighted by molar-refractivity contribution is 7.54. The number of hydrogen-bond donors (Lipinski definition) is 1. The van der Waals surface area contributed by atoms with E-state index in [9.17, 15) is 4.57 Å². The second-order valence-electron chi connectivity index (χ2n) is 7.35. The molecule has 0 saturated carbocycles. The van der Waals surface area contributed by atoms with E-state index in [1.54, 1.807) is 13.8 Å². The van der Waals surface area contributed by atoms with E-state index < -0.39 is 43.9 Å². The lowest BCUT2D eigenvalue weighted by Gasteiger charge is -2.37. The third kappa shape index (κ3) is 2.79. The topological polar surface area (TPSA) is 120 Å². The molecule has 12 heteroatoms. The molecule has 2 fully saturated rings. The number of halogens is 1. The van der Waals surface area contributed by atoms with Crippen molar-refractivity contribution in [2.45, 2.75) is 62.7 Å². The first-order valence-corrected chi connectivity index (χ1v) is 10.3. The lowest BCUT2D eigenvalue weighted by Crippen LogP contribution is -2.55. The van der Waals surface area contributed by atoms with Gasteiger partial charge in [-0.1, -0.05) is 13.8 Å². The SMILES string of the molecule is COC1=NC(N)=NC2C1N=CN2C1O[C@@H]2COP(=O)(C(C)C)O[C@H]2[C@@]1(C)F. The summed E-state index contributed by atoms with van der Waals surface area (Å²) in [6, 6.07) is -0.539. The molecule has 150 valence electrons. The second kappa shape index (κ2) is 6.23. The van der Waals surface area contributed by atoms with Crippen molar-refractivity contribution in [2.24, 2.45) is 20.7 Å². The standard InChI is InChI=1S/C15H23FN5O5P/c1-7(2)27(22)24-5-8-10(26-27)15(3,16)13(25-8)21-6-18-9-11(21)19-14(17)20-12(9)23-4/h6-11,13H,5H2,1-4H3,(H2,17,19)/t8-,9?,10-,11?,13?,15-,27?/m1/s1. The van der Waals surface area contributed by atoms with Gasteiger partial charge in [-0.2, -0.15) is 4.99 Å². The van der Waals surface area contributed by atoms with Crippen LogP contribution in [-0.4, -0.2) is 78.8 Å². The van der Waals surface area contributed by atoms with Crippen molar-refractivity contribution < 1.29 is 27.5 Å². The van der Waals surface area contributed by atoms with Crippen molar-refractivity contribution in [3.05, 3.63) is 0 Å². The maximum atomic E-state index is 15.8. The maximum absolute atomic E-state index is 15.8. The van der Waals surface area contributed by atoms with Gasteiger partial charge in [0.1, 0.15) is 12.2 Å². The van der Waals surface area contributed by atoms with Crippen LogP contribution in [0.2, 0.25) is 0 Å². The number of ether oxygens (including phenoxy) is 2. The van der Waals surface area contributed by atoms with Crippen molar-refractivity contribution in [1.29, 1.82) is 0 Å². The highest BCUT2D eigenvalue weighted by atomic mass is 31.2. The van der Waals surface area contributed by atoms with Crippen LogP contribution in [0.3, 0.4) is 0 Å². The van der Waals surface area contributed by atoms with Gasteiger partial charge < -0.3 is 24.6 Å². The molecule has 0 spiro atoms. The Bertz CT molecular complexity index is 772. The second-order valence-corrected chi connectivity index (χ2v) is 9.93. The maximum Gasteiger partial charge on any atom is 0.333 e. The normalized spacial score (nSPS) is 46.1. The first-order valence-electron chi connectivity index (χ1n) is 8.71. The molecule has 4 aliphatic heterocycles. The summed E-state index contributed by atoms with van der Waals surface area (Å²) in [5.74, 6) is 0.314. The molecule has 2 saturated heterocycles. The zero-order valence-electron chi connectivity index (χ0n) is 15.5. The molecule has 0 aromatic rings. The highest BCUT2D eigenvalue weighted by Gasteiger charge is 2.63. The predicted octanol–water partition coefficient (Wildman–Crippen LogP) is 0.868. The highest BCUT2D eigenvalue weighted by Crippen LogP contribution is 2.60.